The number of alkyl halides is 1. The first kappa shape index (κ1) is 6.98. The van der Waals surface area contributed by atoms with Crippen molar-refractivity contribution in [1.29, 1.82) is 0 Å². The number of rotatable bonds is 1. The number of amides is 2. The fourth-order valence-corrected chi connectivity index (χ4v) is 0.822. The average Bonchev–Trinajstić information content (AvgIpc) is 2.13. The van der Waals surface area contributed by atoms with Gasteiger partial charge in [-0.25, -0.2) is 4.39 Å². The molecule has 0 aliphatic carbocycles. The van der Waals surface area contributed by atoms with Gasteiger partial charge in [0.05, 0.1) is 0 Å². The summed E-state index contributed by atoms with van der Waals surface area (Å²) in [7, 11) is 0. The minimum atomic E-state index is -1.57. The molecule has 0 aromatic heterocycles. The van der Waals surface area contributed by atoms with Gasteiger partial charge in [-0.15, -0.1) is 0 Å². The van der Waals surface area contributed by atoms with Crippen molar-refractivity contribution in [3.63, 3.8) is 0 Å². The smallest absolute Gasteiger partial charge is 0.255 e. The number of hydrogen-bond donors (Lipinski definition) is 2. The molecule has 3 N–H and O–H groups in total. The number of nitrogens with one attached hydrogen (secondary N) is 1. The highest BCUT2D eigenvalue weighted by atomic mass is 19.1. The molecular weight excluding hydrogens is 139 g/mol. The fourth-order valence-electron chi connectivity index (χ4n) is 0.822. The van der Waals surface area contributed by atoms with Crippen LogP contribution in [0.15, 0.2) is 0 Å². The van der Waals surface area contributed by atoms with Crippen molar-refractivity contribution in [2.45, 2.75) is 18.6 Å². The predicted octanol–water partition coefficient (Wildman–Crippen LogP) is -1.30. The summed E-state index contributed by atoms with van der Waals surface area (Å²) in [5.41, 5.74) is 4.80. The third kappa shape index (κ3) is 1.07. The van der Waals surface area contributed by atoms with Crippen LogP contribution in [0.1, 0.15) is 6.42 Å². The van der Waals surface area contributed by atoms with Gasteiger partial charge in [-0.05, 0) is 0 Å². The summed E-state index contributed by atoms with van der Waals surface area (Å²) in [6.45, 7) is 0. The lowest BCUT2D eigenvalue weighted by Crippen LogP contribution is -2.37. The summed E-state index contributed by atoms with van der Waals surface area (Å²) < 4.78 is 12.3. The monoisotopic (exact) mass is 146 g/mol. The summed E-state index contributed by atoms with van der Waals surface area (Å²) >= 11 is 0. The van der Waals surface area contributed by atoms with E-state index in [1.54, 1.807) is 0 Å². The van der Waals surface area contributed by atoms with Gasteiger partial charge in [0.25, 0.3) is 5.91 Å². The molecule has 0 spiro atoms. The van der Waals surface area contributed by atoms with Gasteiger partial charge in [-0.1, -0.05) is 0 Å². The number of primary amides is 1. The largest absolute Gasteiger partial charge is 0.368 e. The molecule has 10 heavy (non-hydrogen) atoms. The second-order valence-corrected chi connectivity index (χ2v) is 2.17. The maximum atomic E-state index is 12.3. The second-order valence-electron chi connectivity index (χ2n) is 2.17. The van der Waals surface area contributed by atoms with E-state index in [1.165, 1.54) is 0 Å². The van der Waals surface area contributed by atoms with Gasteiger partial charge in [0, 0.05) is 6.42 Å². The number of nitrogens with two attached hydrogens (primary N) is 1. The highest BCUT2D eigenvalue weighted by molar-refractivity contribution is 5.92. The van der Waals surface area contributed by atoms with Crippen molar-refractivity contribution in [3.05, 3.63) is 0 Å². The van der Waals surface area contributed by atoms with E-state index in [4.69, 9.17) is 5.73 Å². The zero-order valence-corrected chi connectivity index (χ0v) is 5.13. The molecule has 2 atom stereocenters. The van der Waals surface area contributed by atoms with Crippen molar-refractivity contribution < 1.29 is 14.0 Å². The van der Waals surface area contributed by atoms with Gasteiger partial charge in [0.1, 0.15) is 6.04 Å². The topological polar surface area (TPSA) is 72.2 Å². The van der Waals surface area contributed by atoms with Crippen molar-refractivity contribution in [2.75, 3.05) is 0 Å². The Balaban J connectivity index is 2.57. The number of carbonyl (C=O) groups is 2. The molecule has 0 saturated carbocycles. The molecule has 1 aliphatic rings. The molecule has 1 fully saturated rings. The zero-order valence-electron chi connectivity index (χ0n) is 5.13. The first-order chi connectivity index (χ1) is 4.61. The van der Waals surface area contributed by atoms with Crippen LogP contribution >= 0.6 is 0 Å². The van der Waals surface area contributed by atoms with E-state index < -0.39 is 24.0 Å². The molecule has 0 aromatic carbocycles. The lowest BCUT2D eigenvalue weighted by molar-refractivity contribution is -0.125. The fraction of sp³-hybridized carbons (Fsp3) is 0.600. The van der Waals surface area contributed by atoms with E-state index in [9.17, 15) is 14.0 Å². The van der Waals surface area contributed by atoms with Crippen LogP contribution in [-0.2, 0) is 9.59 Å². The van der Waals surface area contributed by atoms with Gasteiger partial charge in [0.15, 0.2) is 6.17 Å². The van der Waals surface area contributed by atoms with E-state index >= 15 is 0 Å². The Hall–Kier alpha value is -1.13. The maximum Gasteiger partial charge on any atom is 0.255 e. The molecule has 1 saturated heterocycles. The quantitative estimate of drug-likeness (QED) is 0.482. The average molecular weight is 146 g/mol. The van der Waals surface area contributed by atoms with E-state index in [0.29, 0.717) is 0 Å². The SMILES string of the molecule is NC(=O)[C@H]1C[C@@H](F)C(=O)N1. The first-order valence-electron chi connectivity index (χ1n) is 2.85. The van der Waals surface area contributed by atoms with E-state index in [0.717, 1.165) is 0 Å². The van der Waals surface area contributed by atoms with Crippen LogP contribution in [0, 0.1) is 0 Å². The third-order valence-corrected chi connectivity index (χ3v) is 1.39. The Labute approximate surface area is 56.6 Å². The highest BCUT2D eigenvalue weighted by Gasteiger charge is 2.34. The Kier molecular flexibility index (Phi) is 1.57. The van der Waals surface area contributed by atoms with Crippen LogP contribution in [0.2, 0.25) is 0 Å². The van der Waals surface area contributed by atoms with Crippen molar-refractivity contribution in [3.8, 4) is 0 Å². The lowest BCUT2D eigenvalue weighted by Gasteiger charge is -2.00. The molecule has 2 amide bonds. The molecule has 1 heterocycles. The van der Waals surface area contributed by atoms with Gasteiger partial charge < -0.3 is 11.1 Å². The van der Waals surface area contributed by atoms with Gasteiger partial charge in [-0.3, -0.25) is 9.59 Å². The Bertz CT molecular complexity index is 182. The second kappa shape index (κ2) is 2.24. The third-order valence-electron chi connectivity index (χ3n) is 1.39. The standard InChI is InChI=1S/C5H7FN2O2/c6-2-1-3(4(7)9)8-5(2)10/h2-3H,1H2,(H2,7,9)(H,8,10)/t2-,3-/m1/s1. The number of hydrogen-bond acceptors (Lipinski definition) is 2. The normalized spacial score (nSPS) is 31.9. The molecule has 1 rings (SSSR count). The Morgan fingerprint density at radius 2 is 2.40 bits per heavy atom. The summed E-state index contributed by atoms with van der Waals surface area (Å²) in [6, 6.07) is -0.817. The summed E-state index contributed by atoms with van der Waals surface area (Å²) in [6.07, 6.45) is -1.70. The molecule has 0 unspecified atom stereocenters. The lowest BCUT2D eigenvalue weighted by atomic mass is 10.2. The predicted molar refractivity (Wildman–Crippen MR) is 30.6 cm³/mol. The molecule has 0 radical (unpaired) electrons. The van der Waals surface area contributed by atoms with E-state index in [1.807, 2.05) is 0 Å². The molecular formula is C5H7FN2O2. The minimum absolute atomic E-state index is 0.131. The molecule has 4 nitrogen and oxygen atoms in total. The van der Waals surface area contributed by atoms with E-state index in [2.05, 4.69) is 5.32 Å². The Morgan fingerprint density at radius 1 is 1.80 bits per heavy atom. The van der Waals surface area contributed by atoms with Crippen LogP contribution in [0.3, 0.4) is 0 Å². The molecule has 0 aromatic rings. The summed E-state index contributed by atoms with van der Waals surface area (Å²) in [5.74, 6) is -1.43. The van der Waals surface area contributed by atoms with Crippen LogP contribution < -0.4 is 11.1 Å². The molecule has 5 heteroatoms. The van der Waals surface area contributed by atoms with Gasteiger partial charge in [0.2, 0.25) is 5.91 Å². The minimum Gasteiger partial charge on any atom is -0.368 e. The van der Waals surface area contributed by atoms with Crippen molar-refractivity contribution >= 4 is 11.8 Å². The number of carbonyl (C=O) groups excluding carboxylic acids is 2. The summed E-state index contributed by atoms with van der Waals surface area (Å²) in [5, 5.41) is 2.11. The van der Waals surface area contributed by atoms with Crippen LogP contribution in [-0.4, -0.2) is 24.0 Å². The van der Waals surface area contributed by atoms with Gasteiger partial charge in [-0.2, -0.15) is 0 Å². The van der Waals surface area contributed by atoms with Crippen LogP contribution in [0.4, 0.5) is 4.39 Å². The van der Waals surface area contributed by atoms with Crippen LogP contribution in [0.5, 0.6) is 0 Å². The van der Waals surface area contributed by atoms with Gasteiger partial charge >= 0.3 is 0 Å². The Morgan fingerprint density at radius 3 is 2.60 bits per heavy atom. The molecule has 1 aliphatic heterocycles. The molecule has 56 valence electrons. The first-order valence-corrected chi connectivity index (χ1v) is 2.85. The highest BCUT2D eigenvalue weighted by Crippen LogP contribution is 2.10. The van der Waals surface area contributed by atoms with Crippen LogP contribution in [0.25, 0.3) is 0 Å². The van der Waals surface area contributed by atoms with Crippen molar-refractivity contribution in [2.24, 2.45) is 5.73 Å². The summed E-state index contributed by atoms with van der Waals surface area (Å²) in [4.78, 5) is 20.7. The maximum absolute atomic E-state index is 12.3. The van der Waals surface area contributed by atoms with E-state index in [-0.39, 0.29) is 6.42 Å². The number of halogens is 1. The zero-order chi connectivity index (χ0) is 7.72. The van der Waals surface area contributed by atoms with Crippen molar-refractivity contribution in [1.82, 2.24) is 5.32 Å². The molecule has 0 bridgehead atoms.